The van der Waals surface area contributed by atoms with E-state index in [1.807, 2.05) is 0 Å². The fourth-order valence-corrected chi connectivity index (χ4v) is 1.03. The molecule has 0 spiro atoms. The lowest BCUT2D eigenvalue weighted by molar-refractivity contribution is 0.592. The van der Waals surface area contributed by atoms with Crippen molar-refractivity contribution in [2.75, 3.05) is 13.1 Å². The second kappa shape index (κ2) is 9.96. The molecule has 0 heterocycles. The average molecular weight is 155 g/mol. The van der Waals surface area contributed by atoms with Crippen molar-refractivity contribution in [1.82, 2.24) is 5.32 Å². The highest BCUT2D eigenvalue weighted by Gasteiger charge is 1.87. The minimum atomic E-state index is 0.999. The molecule has 0 fully saturated rings. The van der Waals surface area contributed by atoms with Crippen LogP contribution in [0.15, 0.2) is 0 Å². The van der Waals surface area contributed by atoms with Crippen molar-refractivity contribution in [3.8, 4) is 0 Å². The summed E-state index contributed by atoms with van der Waals surface area (Å²) in [5.74, 6) is 0. The molecule has 0 aromatic carbocycles. The van der Waals surface area contributed by atoms with Crippen LogP contribution in [0.1, 0.15) is 38.5 Å². The van der Waals surface area contributed by atoms with Crippen molar-refractivity contribution < 1.29 is 0 Å². The van der Waals surface area contributed by atoms with Crippen LogP contribution in [0, 0.1) is 13.8 Å². The number of rotatable bonds is 8. The fraction of sp³-hybridized carbons (Fsp3) is 0.800. The molecule has 0 bridgehead atoms. The predicted molar refractivity (Wildman–Crippen MR) is 51.3 cm³/mol. The summed E-state index contributed by atoms with van der Waals surface area (Å²) in [4.78, 5) is 0. The van der Waals surface area contributed by atoms with Crippen molar-refractivity contribution in [2.45, 2.75) is 38.5 Å². The number of hydrogen-bond acceptors (Lipinski definition) is 1. The van der Waals surface area contributed by atoms with Gasteiger partial charge in [0.1, 0.15) is 0 Å². The summed E-state index contributed by atoms with van der Waals surface area (Å²) in [5.41, 5.74) is 0. The minimum Gasteiger partial charge on any atom is -0.317 e. The lowest BCUT2D eigenvalue weighted by Crippen LogP contribution is -2.15. The summed E-state index contributed by atoms with van der Waals surface area (Å²) in [6.45, 7) is 9.80. The van der Waals surface area contributed by atoms with Gasteiger partial charge in [-0.2, -0.15) is 0 Å². The molecule has 0 unspecified atom stereocenters. The Morgan fingerprint density at radius 1 is 0.727 bits per heavy atom. The number of unbranched alkanes of at least 4 members (excludes halogenated alkanes) is 4. The van der Waals surface area contributed by atoms with Crippen LogP contribution < -0.4 is 5.32 Å². The Kier molecular flexibility index (Phi) is 9.92. The zero-order chi connectivity index (χ0) is 8.36. The Labute approximate surface area is 71.6 Å². The Morgan fingerprint density at radius 3 is 2.09 bits per heavy atom. The first-order valence-corrected chi connectivity index (χ1v) is 4.71. The summed E-state index contributed by atoms with van der Waals surface area (Å²) < 4.78 is 0. The first-order valence-electron chi connectivity index (χ1n) is 4.71. The summed E-state index contributed by atoms with van der Waals surface area (Å²) in [5, 5.41) is 3.33. The molecule has 0 rings (SSSR count). The van der Waals surface area contributed by atoms with E-state index in [-0.39, 0.29) is 0 Å². The zero-order valence-corrected chi connectivity index (χ0v) is 7.57. The molecule has 0 aromatic rings. The highest BCUT2D eigenvalue weighted by atomic mass is 14.8. The van der Waals surface area contributed by atoms with Gasteiger partial charge in [-0.3, -0.25) is 0 Å². The van der Waals surface area contributed by atoms with Crippen molar-refractivity contribution in [3.05, 3.63) is 13.8 Å². The third kappa shape index (κ3) is 9.96. The minimum absolute atomic E-state index is 0.999. The molecule has 0 atom stereocenters. The van der Waals surface area contributed by atoms with Gasteiger partial charge in [0.15, 0.2) is 0 Å². The summed E-state index contributed by atoms with van der Waals surface area (Å²) in [6, 6.07) is 0. The van der Waals surface area contributed by atoms with Gasteiger partial charge in [-0.25, -0.2) is 0 Å². The highest BCUT2D eigenvalue weighted by Crippen LogP contribution is 2.00. The molecular weight excluding hydrogens is 134 g/mol. The standard InChI is InChI=1S/C10H21N/c1-3-5-6-7-8-10-11-9-4-2/h11H,1-10H2. The maximum absolute atomic E-state index is 3.81. The summed E-state index contributed by atoms with van der Waals surface area (Å²) in [6.07, 6.45) is 7.37. The molecule has 66 valence electrons. The molecule has 0 saturated heterocycles. The molecule has 11 heavy (non-hydrogen) atoms. The molecule has 0 aliphatic rings. The van der Waals surface area contributed by atoms with Crippen LogP contribution in [-0.2, 0) is 0 Å². The normalized spacial score (nSPS) is 10.4. The fourth-order valence-electron chi connectivity index (χ4n) is 1.03. The summed E-state index contributed by atoms with van der Waals surface area (Å²) >= 11 is 0. The Balaban J connectivity index is 2.69. The van der Waals surface area contributed by atoms with Crippen LogP contribution in [0.25, 0.3) is 0 Å². The first kappa shape index (κ1) is 11.0. The monoisotopic (exact) mass is 155 g/mol. The van der Waals surface area contributed by atoms with Crippen molar-refractivity contribution in [2.24, 2.45) is 0 Å². The highest BCUT2D eigenvalue weighted by molar-refractivity contribution is 4.50. The lowest BCUT2D eigenvalue weighted by atomic mass is 10.1. The Hall–Kier alpha value is -0.0400. The molecule has 0 aliphatic heterocycles. The number of hydrogen-bond donors (Lipinski definition) is 1. The topological polar surface area (TPSA) is 12.0 Å². The van der Waals surface area contributed by atoms with E-state index in [1.54, 1.807) is 0 Å². The average Bonchev–Trinajstić information content (AvgIpc) is 2.03. The number of nitrogens with one attached hydrogen (secondary N) is 1. The van der Waals surface area contributed by atoms with Gasteiger partial charge in [0.05, 0.1) is 0 Å². The van der Waals surface area contributed by atoms with E-state index in [1.165, 1.54) is 25.7 Å². The molecule has 1 nitrogen and oxygen atoms in total. The summed E-state index contributed by atoms with van der Waals surface area (Å²) in [7, 11) is 0. The largest absolute Gasteiger partial charge is 0.317 e. The smallest absolute Gasteiger partial charge is 0.00489 e. The van der Waals surface area contributed by atoms with E-state index in [0.29, 0.717) is 0 Å². The molecular formula is C10H21N. The molecule has 2 radical (unpaired) electrons. The van der Waals surface area contributed by atoms with E-state index < -0.39 is 0 Å². The van der Waals surface area contributed by atoms with Gasteiger partial charge in [-0.1, -0.05) is 39.5 Å². The lowest BCUT2D eigenvalue weighted by Gasteiger charge is -2.01. The van der Waals surface area contributed by atoms with Gasteiger partial charge < -0.3 is 5.32 Å². The van der Waals surface area contributed by atoms with Crippen LogP contribution in [0.4, 0.5) is 0 Å². The molecule has 1 N–H and O–H groups in total. The van der Waals surface area contributed by atoms with Gasteiger partial charge in [0, 0.05) is 0 Å². The molecule has 1 heteroatoms. The van der Waals surface area contributed by atoms with E-state index in [9.17, 15) is 0 Å². The van der Waals surface area contributed by atoms with E-state index >= 15 is 0 Å². The molecule has 0 amide bonds. The maximum atomic E-state index is 3.81. The van der Waals surface area contributed by atoms with E-state index in [4.69, 9.17) is 0 Å². The van der Waals surface area contributed by atoms with Crippen LogP contribution >= 0.6 is 0 Å². The third-order valence-electron chi connectivity index (χ3n) is 1.71. The van der Waals surface area contributed by atoms with Crippen LogP contribution in [-0.4, -0.2) is 13.1 Å². The van der Waals surface area contributed by atoms with Crippen molar-refractivity contribution >= 4 is 0 Å². The van der Waals surface area contributed by atoms with Crippen LogP contribution in [0.2, 0.25) is 0 Å². The molecule has 0 aromatic heterocycles. The van der Waals surface area contributed by atoms with E-state index in [2.05, 4.69) is 19.2 Å². The second-order valence-electron chi connectivity index (χ2n) is 2.87. The SMILES string of the molecule is [CH2]CCCCCCNCC[CH2]. The third-order valence-corrected chi connectivity index (χ3v) is 1.71. The van der Waals surface area contributed by atoms with Gasteiger partial charge in [0.2, 0.25) is 0 Å². The van der Waals surface area contributed by atoms with Crippen LogP contribution in [0.3, 0.4) is 0 Å². The van der Waals surface area contributed by atoms with Crippen LogP contribution in [0.5, 0.6) is 0 Å². The quantitative estimate of drug-likeness (QED) is 0.531. The zero-order valence-electron chi connectivity index (χ0n) is 7.57. The second-order valence-corrected chi connectivity index (χ2v) is 2.87. The Bertz CT molecular complexity index is 53.9. The maximum Gasteiger partial charge on any atom is -0.00489 e. The van der Waals surface area contributed by atoms with Crippen molar-refractivity contribution in [1.29, 1.82) is 0 Å². The Morgan fingerprint density at radius 2 is 1.45 bits per heavy atom. The van der Waals surface area contributed by atoms with Gasteiger partial charge in [0.25, 0.3) is 0 Å². The van der Waals surface area contributed by atoms with E-state index in [0.717, 1.165) is 25.9 Å². The van der Waals surface area contributed by atoms with Gasteiger partial charge in [-0.15, -0.1) is 0 Å². The molecule has 0 saturated carbocycles. The predicted octanol–water partition coefficient (Wildman–Crippen LogP) is 2.58. The van der Waals surface area contributed by atoms with Gasteiger partial charge in [-0.05, 0) is 25.9 Å². The van der Waals surface area contributed by atoms with Gasteiger partial charge >= 0.3 is 0 Å². The first-order chi connectivity index (χ1) is 5.41. The molecule has 0 aliphatic carbocycles. The van der Waals surface area contributed by atoms with Crippen molar-refractivity contribution in [3.63, 3.8) is 0 Å².